The van der Waals surface area contributed by atoms with Crippen LogP contribution in [0.4, 0.5) is 21.9 Å². The minimum Gasteiger partial charge on any atom is -0.496 e. The first-order chi connectivity index (χ1) is 17.5. The Morgan fingerprint density at radius 3 is 2.33 bits per heavy atom. The van der Waals surface area contributed by atoms with Gasteiger partial charge in [-0.1, -0.05) is 24.3 Å². The molecule has 8 nitrogen and oxygen atoms in total. The summed E-state index contributed by atoms with van der Waals surface area (Å²) in [6.07, 6.45) is 2.18. The van der Waals surface area contributed by atoms with E-state index in [0.29, 0.717) is 35.0 Å². The maximum absolute atomic E-state index is 13.0. The van der Waals surface area contributed by atoms with Gasteiger partial charge in [0.1, 0.15) is 11.5 Å². The number of hydrogen-bond donors (Lipinski definition) is 3. The highest BCUT2D eigenvalue weighted by molar-refractivity contribution is 6.04. The third-order valence-corrected chi connectivity index (χ3v) is 6.19. The summed E-state index contributed by atoms with van der Waals surface area (Å²) in [7, 11) is 3.17. The van der Waals surface area contributed by atoms with Gasteiger partial charge in [-0.15, -0.1) is 0 Å². The molecule has 4 rings (SSSR count). The van der Waals surface area contributed by atoms with E-state index in [-0.39, 0.29) is 5.91 Å². The molecule has 36 heavy (non-hydrogen) atoms. The molecular weight excluding hydrogens is 456 g/mol. The van der Waals surface area contributed by atoms with Crippen LogP contribution in [-0.4, -0.2) is 39.2 Å². The van der Waals surface area contributed by atoms with Gasteiger partial charge in [0.15, 0.2) is 0 Å². The monoisotopic (exact) mass is 488 g/mol. The number of nitrogens with one attached hydrogen (secondary N) is 3. The summed E-state index contributed by atoms with van der Waals surface area (Å²) in [5, 5.41) is 8.76. The number of rotatable bonds is 8. The van der Waals surface area contributed by atoms with Gasteiger partial charge in [-0.3, -0.25) is 4.79 Å². The van der Waals surface area contributed by atoms with E-state index < -0.39 is 6.03 Å². The van der Waals surface area contributed by atoms with Crippen LogP contribution < -0.4 is 30.3 Å². The summed E-state index contributed by atoms with van der Waals surface area (Å²) in [4.78, 5) is 28.2. The van der Waals surface area contributed by atoms with E-state index >= 15 is 0 Å². The number of carbonyl (C=O) groups is 2. The molecule has 1 aliphatic rings. The van der Waals surface area contributed by atoms with E-state index in [0.717, 1.165) is 42.7 Å². The Labute approximate surface area is 211 Å². The molecule has 1 aliphatic heterocycles. The fourth-order valence-electron chi connectivity index (χ4n) is 4.33. The van der Waals surface area contributed by atoms with Crippen molar-refractivity contribution in [1.29, 1.82) is 0 Å². The molecule has 3 amide bonds. The van der Waals surface area contributed by atoms with Gasteiger partial charge in [0.25, 0.3) is 5.91 Å². The molecule has 1 saturated heterocycles. The summed E-state index contributed by atoms with van der Waals surface area (Å²) in [6.45, 7) is 4.08. The lowest BCUT2D eigenvalue weighted by molar-refractivity contribution is 0.0950. The quantitative estimate of drug-likeness (QED) is 0.406. The maximum Gasteiger partial charge on any atom is 0.323 e. The lowest BCUT2D eigenvalue weighted by Crippen LogP contribution is -2.26. The molecule has 0 radical (unpaired) electrons. The molecule has 3 N–H and O–H groups in total. The Morgan fingerprint density at radius 2 is 1.58 bits per heavy atom. The number of anilines is 3. The standard InChI is InChI=1S/C28H32N4O4/c1-19-10-13-26(36-3)23(16-19)31-28(34)30-22-17-20(11-12-24(22)32-14-6-7-15-32)27(33)29-18-21-8-4-5-9-25(21)35-2/h4-5,8-13,16-17H,6-7,14-15,18H2,1-3H3,(H,29,33)(H2,30,31,34). The topological polar surface area (TPSA) is 91.9 Å². The van der Waals surface area contributed by atoms with Crippen molar-refractivity contribution < 1.29 is 19.1 Å². The van der Waals surface area contributed by atoms with Gasteiger partial charge in [-0.2, -0.15) is 0 Å². The fraction of sp³-hybridized carbons (Fsp3) is 0.286. The van der Waals surface area contributed by atoms with Crippen LogP contribution in [0.5, 0.6) is 11.5 Å². The van der Waals surface area contributed by atoms with Gasteiger partial charge in [0.05, 0.1) is 31.3 Å². The summed E-state index contributed by atoms with van der Waals surface area (Å²) >= 11 is 0. The molecule has 0 unspecified atom stereocenters. The molecule has 8 heteroatoms. The molecule has 0 saturated carbocycles. The van der Waals surface area contributed by atoms with Crippen LogP contribution in [-0.2, 0) is 6.54 Å². The number of carbonyl (C=O) groups excluding carboxylic acids is 2. The van der Waals surface area contributed by atoms with Crippen LogP contribution in [0.25, 0.3) is 0 Å². The predicted molar refractivity (Wildman–Crippen MR) is 142 cm³/mol. The molecule has 0 aromatic heterocycles. The number of aryl methyl sites for hydroxylation is 1. The van der Waals surface area contributed by atoms with Gasteiger partial charge in [-0.05, 0) is 61.7 Å². The number of nitrogens with zero attached hydrogens (tertiary/aromatic N) is 1. The zero-order valence-electron chi connectivity index (χ0n) is 20.9. The first-order valence-electron chi connectivity index (χ1n) is 12.0. The van der Waals surface area contributed by atoms with Crippen LogP contribution in [0.3, 0.4) is 0 Å². The van der Waals surface area contributed by atoms with Crippen molar-refractivity contribution in [2.45, 2.75) is 26.3 Å². The number of ether oxygens (including phenoxy) is 2. The van der Waals surface area contributed by atoms with Crippen LogP contribution in [0, 0.1) is 6.92 Å². The van der Waals surface area contributed by atoms with Crippen molar-refractivity contribution in [3.63, 3.8) is 0 Å². The largest absolute Gasteiger partial charge is 0.496 e. The zero-order chi connectivity index (χ0) is 25.5. The molecule has 188 valence electrons. The average Bonchev–Trinajstić information content (AvgIpc) is 3.42. The van der Waals surface area contributed by atoms with E-state index in [9.17, 15) is 9.59 Å². The first-order valence-corrected chi connectivity index (χ1v) is 12.0. The minimum atomic E-state index is -0.411. The van der Waals surface area contributed by atoms with Crippen molar-refractivity contribution in [2.75, 3.05) is 42.8 Å². The predicted octanol–water partition coefficient (Wildman–Crippen LogP) is 5.19. The van der Waals surface area contributed by atoms with E-state index in [1.807, 2.05) is 55.5 Å². The smallest absolute Gasteiger partial charge is 0.323 e. The van der Waals surface area contributed by atoms with E-state index in [4.69, 9.17) is 9.47 Å². The number of urea groups is 1. The summed E-state index contributed by atoms with van der Waals surface area (Å²) in [6, 6.07) is 18.1. The Balaban J connectivity index is 1.53. The highest BCUT2D eigenvalue weighted by atomic mass is 16.5. The first kappa shape index (κ1) is 24.9. The normalized spacial score (nSPS) is 12.7. The van der Waals surface area contributed by atoms with Crippen molar-refractivity contribution in [3.05, 3.63) is 77.4 Å². The van der Waals surface area contributed by atoms with Crippen molar-refractivity contribution in [2.24, 2.45) is 0 Å². The van der Waals surface area contributed by atoms with Crippen molar-refractivity contribution >= 4 is 29.0 Å². The van der Waals surface area contributed by atoms with Crippen LogP contribution in [0.15, 0.2) is 60.7 Å². The SMILES string of the molecule is COc1ccccc1CNC(=O)c1ccc(N2CCCC2)c(NC(=O)Nc2cc(C)ccc2OC)c1. The lowest BCUT2D eigenvalue weighted by atomic mass is 10.1. The Bertz CT molecular complexity index is 1240. The third kappa shape index (κ3) is 5.89. The zero-order valence-corrected chi connectivity index (χ0v) is 20.9. The number of para-hydroxylation sites is 1. The van der Waals surface area contributed by atoms with Gasteiger partial charge >= 0.3 is 6.03 Å². The molecule has 1 fully saturated rings. The molecule has 0 bridgehead atoms. The van der Waals surface area contributed by atoms with E-state index in [1.54, 1.807) is 26.4 Å². The van der Waals surface area contributed by atoms with E-state index in [2.05, 4.69) is 20.9 Å². The third-order valence-electron chi connectivity index (χ3n) is 6.19. The second-order valence-electron chi connectivity index (χ2n) is 8.70. The van der Waals surface area contributed by atoms with Crippen LogP contribution in [0.2, 0.25) is 0 Å². The molecule has 3 aromatic carbocycles. The Kier molecular flexibility index (Phi) is 7.95. The van der Waals surface area contributed by atoms with Gasteiger partial charge in [0.2, 0.25) is 0 Å². The summed E-state index contributed by atoms with van der Waals surface area (Å²) in [5.41, 5.74) is 4.37. The number of benzene rings is 3. The highest BCUT2D eigenvalue weighted by Gasteiger charge is 2.20. The number of hydrogen-bond acceptors (Lipinski definition) is 5. The van der Waals surface area contributed by atoms with Crippen LogP contribution in [0.1, 0.15) is 34.3 Å². The van der Waals surface area contributed by atoms with Crippen LogP contribution >= 0.6 is 0 Å². The summed E-state index contributed by atoms with van der Waals surface area (Å²) < 4.78 is 10.7. The molecule has 0 aliphatic carbocycles. The van der Waals surface area contributed by atoms with Gasteiger partial charge in [-0.25, -0.2) is 4.79 Å². The molecule has 0 spiro atoms. The second-order valence-corrected chi connectivity index (χ2v) is 8.70. The van der Waals surface area contributed by atoms with Gasteiger partial charge in [0, 0.05) is 30.8 Å². The summed E-state index contributed by atoms with van der Waals surface area (Å²) in [5.74, 6) is 1.05. The maximum atomic E-state index is 13.0. The number of methoxy groups -OCH3 is 2. The molecular formula is C28H32N4O4. The Morgan fingerprint density at radius 1 is 0.861 bits per heavy atom. The molecule has 0 atom stereocenters. The molecule has 3 aromatic rings. The average molecular weight is 489 g/mol. The minimum absolute atomic E-state index is 0.238. The highest BCUT2D eigenvalue weighted by Crippen LogP contribution is 2.31. The van der Waals surface area contributed by atoms with E-state index in [1.165, 1.54) is 0 Å². The van der Waals surface area contributed by atoms with Crippen molar-refractivity contribution in [3.8, 4) is 11.5 Å². The Hall–Kier alpha value is -4.20. The fourth-order valence-corrected chi connectivity index (χ4v) is 4.33. The second kappa shape index (κ2) is 11.5. The molecule has 1 heterocycles. The van der Waals surface area contributed by atoms with Gasteiger partial charge < -0.3 is 30.3 Å². The number of amides is 3. The lowest BCUT2D eigenvalue weighted by Gasteiger charge is -2.22. The van der Waals surface area contributed by atoms with Crippen molar-refractivity contribution in [1.82, 2.24) is 5.32 Å².